The third-order valence-corrected chi connectivity index (χ3v) is 3.81. The average molecular weight is 342 g/mol. The largest absolute Gasteiger partial charge is 0.397 e. The minimum atomic E-state index is -0.604. The normalized spacial score (nSPS) is 10.2. The summed E-state index contributed by atoms with van der Waals surface area (Å²) >= 11 is 9.35. The molecule has 1 aromatic heterocycles. The summed E-state index contributed by atoms with van der Waals surface area (Å²) in [6.45, 7) is 0. The number of nitrogens with two attached hydrogens (primary N) is 2. The number of hydrogen-bond acceptors (Lipinski definition) is 4. The number of pyridine rings is 1. The van der Waals surface area contributed by atoms with Crippen LogP contribution in [0.3, 0.4) is 0 Å². The van der Waals surface area contributed by atoms with Crippen LogP contribution >= 0.6 is 27.5 Å². The smallest absolute Gasteiger partial charge is 0.250 e. The van der Waals surface area contributed by atoms with E-state index in [-0.39, 0.29) is 11.3 Å². The Labute approximate surface area is 123 Å². The number of aromatic nitrogens is 1. The summed E-state index contributed by atoms with van der Waals surface area (Å²) in [6.07, 6.45) is 1.38. The monoisotopic (exact) mass is 340 g/mol. The maximum atomic E-state index is 11.2. The molecule has 0 bridgehead atoms. The molecule has 19 heavy (non-hydrogen) atoms. The van der Waals surface area contributed by atoms with Crippen LogP contribution in [0, 0.1) is 0 Å². The minimum Gasteiger partial charge on any atom is -0.397 e. The summed E-state index contributed by atoms with van der Waals surface area (Å²) in [5, 5.41) is 3.60. The highest BCUT2D eigenvalue weighted by atomic mass is 79.9. The number of benzene rings is 1. The van der Waals surface area contributed by atoms with Gasteiger partial charge in [-0.15, -0.1) is 0 Å². The molecule has 0 fully saturated rings. The van der Waals surface area contributed by atoms with E-state index in [1.807, 2.05) is 6.07 Å². The van der Waals surface area contributed by atoms with Crippen molar-refractivity contribution in [2.75, 3.05) is 11.1 Å². The molecule has 2 rings (SSSR count). The third kappa shape index (κ3) is 2.97. The van der Waals surface area contributed by atoms with Crippen LogP contribution in [-0.2, 0) is 0 Å². The van der Waals surface area contributed by atoms with Crippen molar-refractivity contribution >= 4 is 50.6 Å². The quantitative estimate of drug-likeness (QED) is 0.800. The van der Waals surface area contributed by atoms with Crippen LogP contribution in [0.2, 0.25) is 5.02 Å². The van der Waals surface area contributed by atoms with Gasteiger partial charge in [-0.1, -0.05) is 17.7 Å². The van der Waals surface area contributed by atoms with E-state index in [2.05, 4.69) is 26.2 Å². The van der Waals surface area contributed by atoms with Crippen LogP contribution < -0.4 is 16.8 Å². The first kappa shape index (κ1) is 13.6. The first-order chi connectivity index (χ1) is 8.99. The lowest BCUT2D eigenvalue weighted by molar-refractivity contribution is 0.100. The Balaban J connectivity index is 2.36. The zero-order valence-corrected chi connectivity index (χ0v) is 12.0. The second-order valence-corrected chi connectivity index (χ2v) is 4.95. The molecule has 0 spiro atoms. The molecule has 1 aromatic carbocycles. The molecule has 2 aromatic rings. The van der Waals surface area contributed by atoms with Crippen molar-refractivity contribution < 1.29 is 4.79 Å². The van der Waals surface area contributed by atoms with E-state index in [1.165, 1.54) is 12.3 Å². The highest BCUT2D eigenvalue weighted by Crippen LogP contribution is 2.32. The summed E-state index contributed by atoms with van der Waals surface area (Å²) in [5.41, 5.74) is 12.0. The van der Waals surface area contributed by atoms with Crippen molar-refractivity contribution in [3.8, 4) is 0 Å². The molecule has 1 heterocycles. The highest BCUT2D eigenvalue weighted by Gasteiger charge is 2.09. The van der Waals surface area contributed by atoms with Gasteiger partial charge in [-0.05, 0) is 34.1 Å². The predicted octanol–water partition coefficient (Wildman–Crippen LogP) is 2.92. The minimum absolute atomic E-state index is 0.218. The topological polar surface area (TPSA) is 94.0 Å². The molecule has 5 nitrogen and oxygen atoms in total. The number of nitrogens with one attached hydrogen (secondary N) is 1. The number of nitrogens with zero attached hydrogens (tertiary/aromatic N) is 1. The molecule has 0 unspecified atom stereocenters. The summed E-state index contributed by atoms with van der Waals surface area (Å²) in [7, 11) is 0. The lowest BCUT2D eigenvalue weighted by Crippen LogP contribution is -2.14. The lowest BCUT2D eigenvalue weighted by atomic mass is 10.2. The van der Waals surface area contributed by atoms with Gasteiger partial charge < -0.3 is 16.8 Å². The predicted molar refractivity (Wildman–Crippen MR) is 79.6 cm³/mol. The Morgan fingerprint density at radius 2 is 2.16 bits per heavy atom. The maximum Gasteiger partial charge on any atom is 0.250 e. The van der Waals surface area contributed by atoms with Crippen molar-refractivity contribution in [3.63, 3.8) is 0 Å². The van der Waals surface area contributed by atoms with Crippen molar-refractivity contribution in [3.05, 3.63) is 45.5 Å². The zero-order chi connectivity index (χ0) is 14.0. The van der Waals surface area contributed by atoms with Crippen LogP contribution in [-0.4, -0.2) is 10.9 Å². The van der Waals surface area contributed by atoms with E-state index >= 15 is 0 Å². The number of nitrogen functional groups attached to an aromatic ring is 1. The fraction of sp³-hybridized carbons (Fsp3) is 0. The standard InChI is InChI=1S/C12H10BrClN4O/c13-11-7(14)2-1-3-9(11)18-10-4-6(12(16)19)8(15)5-17-10/h1-5H,15H2,(H2,16,19)(H,17,18). The van der Waals surface area contributed by atoms with Gasteiger partial charge in [0.25, 0.3) is 5.91 Å². The number of hydrogen-bond donors (Lipinski definition) is 3. The number of halogens is 2. The number of anilines is 3. The van der Waals surface area contributed by atoms with E-state index in [0.717, 1.165) is 5.69 Å². The van der Waals surface area contributed by atoms with Crippen LogP contribution in [0.1, 0.15) is 10.4 Å². The van der Waals surface area contributed by atoms with Gasteiger partial charge in [0.1, 0.15) is 5.82 Å². The molecule has 98 valence electrons. The molecular formula is C12H10BrClN4O. The Morgan fingerprint density at radius 3 is 2.84 bits per heavy atom. The van der Waals surface area contributed by atoms with E-state index in [1.54, 1.807) is 12.1 Å². The summed E-state index contributed by atoms with van der Waals surface area (Å²) in [6, 6.07) is 6.85. The number of rotatable bonds is 3. The van der Waals surface area contributed by atoms with Gasteiger partial charge >= 0.3 is 0 Å². The van der Waals surface area contributed by atoms with E-state index in [9.17, 15) is 4.79 Å². The molecule has 1 amide bonds. The number of carbonyl (C=O) groups excluding carboxylic acids is 1. The molecule has 0 aliphatic heterocycles. The molecular weight excluding hydrogens is 332 g/mol. The van der Waals surface area contributed by atoms with Gasteiger partial charge in [0.05, 0.1) is 32.6 Å². The van der Waals surface area contributed by atoms with Gasteiger partial charge in [0, 0.05) is 0 Å². The van der Waals surface area contributed by atoms with E-state index in [4.69, 9.17) is 23.1 Å². The summed E-state index contributed by atoms with van der Waals surface area (Å²) < 4.78 is 0.705. The van der Waals surface area contributed by atoms with Crippen LogP contribution in [0.5, 0.6) is 0 Å². The summed E-state index contributed by atoms with van der Waals surface area (Å²) in [4.78, 5) is 15.3. The number of carbonyl (C=O) groups is 1. The average Bonchev–Trinajstić information content (AvgIpc) is 2.37. The van der Waals surface area contributed by atoms with E-state index < -0.39 is 5.91 Å². The third-order valence-electron chi connectivity index (χ3n) is 2.41. The van der Waals surface area contributed by atoms with Crippen molar-refractivity contribution in [2.24, 2.45) is 5.73 Å². The first-order valence-corrected chi connectivity index (χ1v) is 6.42. The van der Waals surface area contributed by atoms with Gasteiger partial charge in [-0.3, -0.25) is 4.79 Å². The second kappa shape index (κ2) is 5.46. The Bertz CT molecular complexity index is 648. The molecule has 0 radical (unpaired) electrons. The van der Waals surface area contributed by atoms with Crippen molar-refractivity contribution in [2.45, 2.75) is 0 Å². The Kier molecular flexibility index (Phi) is 3.92. The van der Waals surface area contributed by atoms with E-state index in [0.29, 0.717) is 15.3 Å². The fourth-order valence-corrected chi connectivity index (χ4v) is 2.02. The highest BCUT2D eigenvalue weighted by molar-refractivity contribution is 9.10. The lowest BCUT2D eigenvalue weighted by Gasteiger charge is -2.10. The van der Waals surface area contributed by atoms with Gasteiger partial charge in [-0.2, -0.15) is 0 Å². The molecule has 0 saturated heterocycles. The fourth-order valence-electron chi connectivity index (χ4n) is 1.49. The molecule has 0 aliphatic rings. The van der Waals surface area contributed by atoms with Gasteiger partial charge in [0.2, 0.25) is 0 Å². The molecule has 0 atom stereocenters. The first-order valence-electron chi connectivity index (χ1n) is 5.25. The van der Waals surface area contributed by atoms with Crippen LogP contribution in [0.15, 0.2) is 34.9 Å². The number of primary amides is 1. The summed E-state index contributed by atoms with van der Waals surface area (Å²) in [5.74, 6) is -0.154. The molecule has 5 N–H and O–H groups in total. The SMILES string of the molecule is NC(=O)c1cc(Nc2cccc(Cl)c2Br)ncc1N. The van der Waals surface area contributed by atoms with Crippen LogP contribution in [0.4, 0.5) is 17.2 Å². The Hall–Kier alpha value is -1.79. The van der Waals surface area contributed by atoms with Crippen molar-refractivity contribution in [1.82, 2.24) is 4.98 Å². The second-order valence-electron chi connectivity index (χ2n) is 3.75. The van der Waals surface area contributed by atoms with Crippen LogP contribution in [0.25, 0.3) is 0 Å². The maximum absolute atomic E-state index is 11.2. The van der Waals surface area contributed by atoms with Gasteiger partial charge in [0.15, 0.2) is 0 Å². The molecule has 0 aliphatic carbocycles. The number of amides is 1. The Morgan fingerprint density at radius 1 is 1.42 bits per heavy atom. The van der Waals surface area contributed by atoms with Gasteiger partial charge in [-0.25, -0.2) is 4.98 Å². The molecule has 7 heteroatoms. The van der Waals surface area contributed by atoms with Crippen molar-refractivity contribution in [1.29, 1.82) is 0 Å². The zero-order valence-electron chi connectivity index (χ0n) is 9.65. The molecule has 0 saturated carbocycles.